The van der Waals surface area contributed by atoms with Crippen molar-refractivity contribution < 1.29 is 14.1 Å². The van der Waals surface area contributed by atoms with E-state index >= 15 is 0 Å². The molecule has 0 aromatic heterocycles. The Bertz CT molecular complexity index is 775. The Kier molecular flexibility index (Phi) is 4.55. The third kappa shape index (κ3) is 3.04. The summed E-state index contributed by atoms with van der Waals surface area (Å²) in [6, 6.07) is 8.67. The van der Waals surface area contributed by atoms with Crippen LogP contribution in [0.4, 0.5) is 10.1 Å². The Morgan fingerprint density at radius 1 is 1.19 bits per heavy atom. The van der Waals surface area contributed by atoms with Gasteiger partial charge in [-0.3, -0.25) is 10.1 Å². The molecule has 0 aliphatic heterocycles. The lowest BCUT2D eigenvalue weighted by molar-refractivity contribution is -0.385. The lowest BCUT2D eigenvalue weighted by atomic mass is 10.2. The zero-order valence-electron chi connectivity index (χ0n) is 10.1. The summed E-state index contributed by atoms with van der Waals surface area (Å²) < 4.78 is 19.5. The summed E-state index contributed by atoms with van der Waals surface area (Å²) in [5.74, 6) is -0.811. The first-order chi connectivity index (χ1) is 9.95. The van der Waals surface area contributed by atoms with Crippen LogP contribution in [0.15, 0.2) is 39.3 Å². The summed E-state index contributed by atoms with van der Waals surface area (Å²) in [4.78, 5) is 10.3. The van der Waals surface area contributed by atoms with Crippen LogP contribution >= 0.6 is 31.9 Å². The molecule has 0 bridgehead atoms. The van der Waals surface area contributed by atoms with Gasteiger partial charge in [-0.15, -0.1) is 0 Å². The minimum atomic E-state index is -0.757. The van der Waals surface area contributed by atoms with Crippen LogP contribution in [0.1, 0.15) is 5.56 Å². The van der Waals surface area contributed by atoms with Crippen LogP contribution in [0.2, 0.25) is 0 Å². The second kappa shape index (κ2) is 6.20. The second-order valence-corrected chi connectivity index (χ2v) is 5.39. The number of nitro benzene ring substituents is 1. The fourth-order valence-electron chi connectivity index (χ4n) is 1.53. The highest BCUT2D eigenvalue weighted by atomic mass is 79.9. The SMILES string of the molecule is N#Cc1ccc(Oc2cccc([N+](=O)[O-])c2Br)c(F)c1Br. The van der Waals surface area contributed by atoms with Gasteiger partial charge in [0.1, 0.15) is 16.3 Å². The van der Waals surface area contributed by atoms with Crippen molar-refractivity contribution in [2.45, 2.75) is 0 Å². The fourth-order valence-corrected chi connectivity index (χ4v) is 2.44. The highest BCUT2D eigenvalue weighted by Gasteiger charge is 2.19. The van der Waals surface area contributed by atoms with Crippen molar-refractivity contribution in [3.05, 3.63) is 60.8 Å². The number of hydrogen-bond acceptors (Lipinski definition) is 4. The van der Waals surface area contributed by atoms with Gasteiger partial charge in [0.25, 0.3) is 5.69 Å². The topological polar surface area (TPSA) is 76.2 Å². The van der Waals surface area contributed by atoms with Crippen LogP contribution in [-0.2, 0) is 0 Å². The highest BCUT2D eigenvalue weighted by Crippen LogP contribution is 2.38. The molecule has 0 radical (unpaired) electrons. The molecule has 106 valence electrons. The van der Waals surface area contributed by atoms with Gasteiger partial charge in [-0.2, -0.15) is 5.26 Å². The van der Waals surface area contributed by atoms with E-state index in [9.17, 15) is 14.5 Å². The van der Waals surface area contributed by atoms with Crippen molar-refractivity contribution in [3.8, 4) is 17.6 Å². The van der Waals surface area contributed by atoms with Crippen LogP contribution in [0.25, 0.3) is 0 Å². The summed E-state index contributed by atoms with van der Waals surface area (Å²) in [6.45, 7) is 0. The molecule has 2 aromatic rings. The maximum absolute atomic E-state index is 14.1. The van der Waals surface area contributed by atoms with Crippen molar-refractivity contribution >= 4 is 37.5 Å². The van der Waals surface area contributed by atoms with Crippen molar-refractivity contribution in [2.75, 3.05) is 0 Å². The molecule has 0 fully saturated rings. The van der Waals surface area contributed by atoms with E-state index < -0.39 is 10.7 Å². The summed E-state index contributed by atoms with van der Waals surface area (Å²) in [6.07, 6.45) is 0. The van der Waals surface area contributed by atoms with E-state index in [0.29, 0.717) is 0 Å². The first-order valence-electron chi connectivity index (χ1n) is 5.44. The average molecular weight is 416 g/mol. The molecule has 0 N–H and O–H groups in total. The Morgan fingerprint density at radius 2 is 1.90 bits per heavy atom. The lowest BCUT2D eigenvalue weighted by Crippen LogP contribution is -1.95. The Balaban J connectivity index is 2.45. The molecule has 2 aromatic carbocycles. The molecule has 0 amide bonds. The summed E-state index contributed by atoms with van der Waals surface area (Å²) in [5, 5.41) is 19.6. The molecular formula is C13H5Br2FN2O3. The molecule has 2 rings (SSSR count). The average Bonchev–Trinajstić information content (AvgIpc) is 2.46. The predicted molar refractivity (Wildman–Crippen MR) is 79.7 cm³/mol. The van der Waals surface area contributed by atoms with E-state index in [2.05, 4.69) is 31.9 Å². The molecule has 0 saturated carbocycles. The smallest absolute Gasteiger partial charge is 0.287 e. The highest BCUT2D eigenvalue weighted by molar-refractivity contribution is 9.11. The Morgan fingerprint density at radius 3 is 2.52 bits per heavy atom. The standard InChI is InChI=1S/C13H5Br2FN2O3/c14-11-7(6-17)4-5-10(13(11)16)21-9-3-1-2-8(12(9)15)18(19)20/h1-5H. The number of hydrogen-bond donors (Lipinski definition) is 0. The van der Waals surface area contributed by atoms with Gasteiger partial charge in [0, 0.05) is 6.07 Å². The van der Waals surface area contributed by atoms with Gasteiger partial charge in [-0.1, -0.05) is 6.07 Å². The predicted octanol–water partition coefficient (Wildman–Crippen LogP) is 4.92. The number of rotatable bonds is 3. The summed E-state index contributed by atoms with van der Waals surface area (Å²) in [5.41, 5.74) is -0.0708. The summed E-state index contributed by atoms with van der Waals surface area (Å²) >= 11 is 6.02. The second-order valence-electron chi connectivity index (χ2n) is 3.80. The third-order valence-electron chi connectivity index (χ3n) is 2.53. The van der Waals surface area contributed by atoms with Gasteiger partial charge in [-0.05, 0) is 50.1 Å². The maximum Gasteiger partial charge on any atom is 0.287 e. The molecule has 0 unspecified atom stereocenters. The zero-order chi connectivity index (χ0) is 15.6. The van der Waals surface area contributed by atoms with Crippen LogP contribution in [0.5, 0.6) is 11.5 Å². The number of benzene rings is 2. The first kappa shape index (κ1) is 15.4. The van der Waals surface area contributed by atoms with E-state index in [1.54, 1.807) is 0 Å². The van der Waals surface area contributed by atoms with E-state index in [1.807, 2.05) is 6.07 Å². The van der Waals surface area contributed by atoms with E-state index in [-0.39, 0.29) is 31.7 Å². The number of nitrogens with zero attached hydrogens (tertiary/aromatic N) is 2. The minimum absolute atomic E-state index is 0.0240. The van der Waals surface area contributed by atoms with Crippen LogP contribution < -0.4 is 4.74 Å². The Labute approximate surface area is 135 Å². The van der Waals surface area contributed by atoms with Crippen molar-refractivity contribution in [1.82, 2.24) is 0 Å². The number of halogens is 3. The minimum Gasteiger partial charge on any atom is -0.453 e. The van der Waals surface area contributed by atoms with E-state index in [1.165, 1.54) is 30.3 Å². The van der Waals surface area contributed by atoms with Crippen LogP contribution in [0, 0.1) is 27.3 Å². The summed E-state index contributed by atoms with van der Waals surface area (Å²) in [7, 11) is 0. The third-order valence-corrected chi connectivity index (χ3v) is 4.10. The lowest BCUT2D eigenvalue weighted by Gasteiger charge is -2.10. The molecule has 0 aliphatic carbocycles. The van der Waals surface area contributed by atoms with E-state index in [0.717, 1.165) is 0 Å². The molecule has 8 heteroatoms. The van der Waals surface area contributed by atoms with Crippen LogP contribution in [0.3, 0.4) is 0 Å². The van der Waals surface area contributed by atoms with Gasteiger partial charge in [0.15, 0.2) is 11.6 Å². The van der Waals surface area contributed by atoms with Gasteiger partial charge >= 0.3 is 0 Å². The van der Waals surface area contributed by atoms with Crippen molar-refractivity contribution in [1.29, 1.82) is 5.26 Å². The van der Waals surface area contributed by atoms with Crippen molar-refractivity contribution in [2.24, 2.45) is 0 Å². The number of nitriles is 1. The molecular weight excluding hydrogens is 411 g/mol. The molecule has 5 nitrogen and oxygen atoms in total. The molecule has 0 saturated heterocycles. The largest absolute Gasteiger partial charge is 0.453 e. The number of ether oxygens (including phenoxy) is 1. The van der Waals surface area contributed by atoms with Gasteiger partial charge in [-0.25, -0.2) is 4.39 Å². The Hall–Kier alpha value is -1.98. The molecule has 0 heterocycles. The van der Waals surface area contributed by atoms with Crippen molar-refractivity contribution in [3.63, 3.8) is 0 Å². The molecule has 0 spiro atoms. The fraction of sp³-hybridized carbons (Fsp3) is 0. The zero-order valence-corrected chi connectivity index (χ0v) is 13.3. The quantitative estimate of drug-likeness (QED) is 0.526. The maximum atomic E-state index is 14.1. The van der Waals surface area contributed by atoms with Gasteiger partial charge in [0.05, 0.1) is 15.0 Å². The van der Waals surface area contributed by atoms with Crippen LogP contribution in [-0.4, -0.2) is 4.92 Å². The number of nitro groups is 1. The first-order valence-corrected chi connectivity index (χ1v) is 7.03. The normalized spacial score (nSPS) is 10.0. The monoisotopic (exact) mass is 414 g/mol. The van der Waals surface area contributed by atoms with E-state index in [4.69, 9.17) is 10.00 Å². The van der Waals surface area contributed by atoms with Gasteiger partial charge < -0.3 is 4.74 Å². The molecule has 0 atom stereocenters. The molecule has 0 aliphatic rings. The van der Waals surface area contributed by atoms with Gasteiger partial charge in [0.2, 0.25) is 0 Å². The molecule has 21 heavy (non-hydrogen) atoms.